The third-order valence-corrected chi connectivity index (χ3v) is 2.99. The number of hydrogen-bond acceptors (Lipinski definition) is 3. The normalized spacial score (nSPS) is 15.6. The summed E-state index contributed by atoms with van der Waals surface area (Å²) in [4.78, 5) is 6.70. The molecule has 0 aromatic rings. The van der Waals surface area contributed by atoms with Crippen molar-refractivity contribution in [1.82, 2.24) is 15.5 Å². The third kappa shape index (κ3) is 8.65. The van der Waals surface area contributed by atoms with Crippen molar-refractivity contribution < 1.29 is 4.74 Å². The van der Waals surface area contributed by atoms with Crippen LogP contribution in [-0.2, 0) is 4.74 Å². The van der Waals surface area contributed by atoms with Crippen LogP contribution >= 0.6 is 24.0 Å². The molecule has 19 heavy (non-hydrogen) atoms. The van der Waals surface area contributed by atoms with Crippen LogP contribution < -0.4 is 10.6 Å². The summed E-state index contributed by atoms with van der Waals surface area (Å²) < 4.78 is 5.15. The summed E-state index contributed by atoms with van der Waals surface area (Å²) in [5.74, 6) is 0.882. The molecule has 1 fully saturated rings. The van der Waals surface area contributed by atoms with Crippen LogP contribution in [0, 0.1) is 0 Å². The van der Waals surface area contributed by atoms with Crippen LogP contribution in [0.3, 0.4) is 0 Å². The second-order valence-electron chi connectivity index (χ2n) is 5.06. The van der Waals surface area contributed by atoms with Gasteiger partial charge in [0.15, 0.2) is 5.96 Å². The number of rotatable bonds is 8. The molecular formula is C13H29IN4O. The van der Waals surface area contributed by atoms with E-state index in [0.29, 0.717) is 6.04 Å². The van der Waals surface area contributed by atoms with Crippen molar-refractivity contribution in [3.05, 3.63) is 0 Å². The Bertz CT molecular complexity index is 257. The Balaban J connectivity index is 0.00000324. The molecule has 0 aromatic heterocycles. The molecule has 5 nitrogen and oxygen atoms in total. The molecule has 0 aromatic carbocycles. The second kappa shape index (κ2) is 10.7. The van der Waals surface area contributed by atoms with Crippen LogP contribution in [0.2, 0.25) is 0 Å². The van der Waals surface area contributed by atoms with Crippen LogP contribution in [0.15, 0.2) is 4.99 Å². The Morgan fingerprint density at radius 3 is 2.53 bits per heavy atom. The van der Waals surface area contributed by atoms with Crippen molar-refractivity contribution in [1.29, 1.82) is 0 Å². The fraction of sp³-hybridized carbons (Fsp3) is 0.923. The smallest absolute Gasteiger partial charge is 0.191 e. The SMILES string of the molecule is CN=C(NCCN(CCOC)C1CC1)NC(C)C.I. The standard InChI is InChI=1S/C13H28N4O.HI/c1-11(2)16-13(14-3)15-7-8-17(9-10-18-4)12-5-6-12;/h11-12H,5-10H2,1-4H3,(H2,14,15,16);1H. The molecule has 1 rings (SSSR count). The number of ether oxygens (including phenoxy) is 1. The van der Waals surface area contributed by atoms with Gasteiger partial charge < -0.3 is 15.4 Å². The predicted molar refractivity (Wildman–Crippen MR) is 91.5 cm³/mol. The number of nitrogens with one attached hydrogen (secondary N) is 2. The highest BCUT2D eigenvalue weighted by Gasteiger charge is 2.28. The van der Waals surface area contributed by atoms with Gasteiger partial charge in [0.2, 0.25) is 0 Å². The minimum Gasteiger partial charge on any atom is -0.383 e. The van der Waals surface area contributed by atoms with Gasteiger partial charge in [-0.25, -0.2) is 0 Å². The van der Waals surface area contributed by atoms with Crippen molar-refractivity contribution in [2.75, 3.05) is 40.4 Å². The van der Waals surface area contributed by atoms with Gasteiger partial charge in [-0.05, 0) is 26.7 Å². The molecule has 6 heteroatoms. The maximum Gasteiger partial charge on any atom is 0.191 e. The van der Waals surface area contributed by atoms with Gasteiger partial charge in [0, 0.05) is 45.9 Å². The summed E-state index contributed by atoms with van der Waals surface area (Å²) in [6.07, 6.45) is 2.67. The van der Waals surface area contributed by atoms with E-state index in [4.69, 9.17) is 4.74 Å². The molecule has 0 aliphatic heterocycles. The maximum absolute atomic E-state index is 5.15. The summed E-state index contributed by atoms with van der Waals surface area (Å²) >= 11 is 0. The van der Waals surface area contributed by atoms with Crippen molar-refractivity contribution in [2.45, 2.75) is 38.8 Å². The van der Waals surface area contributed by atoms with Gasteiger partial charge in [0.25, 0.3) is 0 Å². The zero-order chi connectivity index (χ0) is 13.4. The van der Waals surface area contributed by atoms with Crippen LogP contribution in [-0.4, -0.2) is 63.3 Å². The lowest BCUT2D eigenvalue weighted by Gasteiger charge is -2.22. The molecule has 0 heterocycles. The number of hydrogen-bond donors (Lipinski definition) is 2. The molecule has 114 valence electrons. The number of aliphatic imine (C=N–C) groups is 1. The third-order valence-electron chi connectivity index (χ3n) is 2.99. The molecule has 0 unspecified atom stereocenters. The Labute approximate surface area is 134 Å². The highest BCUT2D eigenvalue weighted by Crippen LogP contribution is 2.25. The largest absolute Gasteiger partial charge is 0.383 e. The molecule has 0 saturated heterocycles. The number of methoxy groups -OCH3 is 1. The summed E-state index contributed by atoms with van der Waals surface area (Å²) in [5.41, 5.74) is 0. The molecule has 0 amide bonds. The van der Waals surface area contributed by atoms with Gasteiger partial charge in [-0.3, -0.25) is 9.89 Å². The van der Waals surface area contributed by atoms with E-state index in [9.17, 15) is 0 Å². The van der Waals surface area contributed by atoms with E-state index in [1.165, 1.54) is 12.8 Å². The van der Waals surface area contributed by atoms with Crippen molar-refractivity contribution >= 4 is 29.9 Å². The van der Waals surface area contributed by atoms with Crippen molar-refractivity contribution in [2.24, 2.45) is 4.99 Å². The molecule has 1 saturated carbocycles. The molecule has 1 aliphatic rings. The van der Waals surface area contributed by atoms with Gasteiger partial charge >= 0.3 is 0 Å². The lowest BCUT2D eigenvalue weighted by molar-refractivity contribution is 0.144. The molecular weight excluding hydrogens is 355 g/mol. The van der Waals surface area contributed by atoms with E-state index >= 15 is 0 Å². The molecule has 0 atom stereocenters. The fourth-order valence-electron chi connectivity index (χ4n) is 1.91. The minimum atomic E-state index is 0. The molecule has 1 aliphatic carbocycles. The first-order chi connectivity index (χ1) is 8.67. The number of nitrogens with zero attached hydrogens (tertiary/aromatic N) is 2. The lowest BCUT2D eigenvalue weighted by atomic mass is 10.4. The summed E-state index contributed by atoms with van der Waals surface area (Å²) in [5, 5.41) is 6.63. The van der Waals surface area contributed by atoms with E-state index in [-0.39, 0.29) is 24.0 Å². The van der Waals surface area contributed by atoms with Crippen molar-refractivity contribution in [3.8, 4) is 0 Å². The summed E-state index contributed by atoms with van der Waals surface area (Å²) in [7, 11) is 3.57. The molecule has 0 spiro atoms. The average Bonchev–Trinajstić information content (AvgIpc) is 3.15. The molecule has 0 radical (unpaired) electrons. The Morgan fingerprint density at radius 1 is 1.37 bits per heavy atom. The van der Waals surface area contributed by atoms with Crippen molar-refractivity contribution in [3.63, 3.8) is 0 Å². The Hall–Kier alpha value is -0.0800. The Morgan fingerprint density at radius 2 is 2.05 bits per heavy atom. The lowest BCUT2D eigenvalue weighted by Crippen LogP contribution is -2.44. The highest BCUT2D eigenvalue weighted by atomic mass is 127. The number of halogens is 1. The molecule has 2 N–H and O–H groups in total. The number of guanidine groups is 1. The van der Waals surface area contributed by atoms with Gasteiger partial charge in [-0.1, -0.05) is 0 Å². The first-order valence-electron chi connectivity index (χ1n) is 6.87. The Kier molecular flexibility index (Phi) is 10.6. The van der Waals surface area contributed by atoms with Crippen LogP contribution in [0.5, 0.6) is 0 Å². The second-order valence-corrected chi connectivity index (χ2v) is 5.06. The van der Waals surface area contributed by atoms with Gasteiger partial charge in [0.05, 0.1) is 6.61 Å². The summed E-state index contributed by atoms with van der Waals surface area (Å²) in [6, 6.07) is 1.19. The van der Waals surface area contributed by atoms with Gasteiger partial charge in [-0.2, -0.15) is 0 Å². The first-order valence-corrected chi connectivity index (χ1v) is 6.87. The monoisotopic (exact) mass is 384 g/mol. The first kappa shape index (κ1) is 18.9. The van der Waals surface area contributed by atoms with Gasteiger partial charge in [-0.15, -0.1) is 24.0 Å². The molecule has 0 bridgehead atoms. The average molecular weight is 384 g/mol. The van der Waals surface area contributed by atoms with E-state index in [0.717, 1.165) is 38.2 Å². The predicted octanol–water partition coefficient (Wildman–Crippen LogP) is 1.29. The quantitative estimate of drug-likeness (QED) is 0.376. The topological polar surface area (TPSA) is 48.9 Å². The van der Waals surface area contributed by atoms with Crippen LogP contribution in [0.1, 0.15) is 26.7 Å². The van der Waals surface area contributed by atoms with E-state index < -0.39 is 0 Å². The minimum absolute atomic E-state index is 0. The van der Waals surface area contributed by atoms with Crippen LogP contribution in [0.25, 0.3) is 0 Å². The highest BCUT2D eigenvalue weighted by molar-refractivity contribution is 14.0. The fourth-order valence-corrected chi connectivity index (χ4v) is 1.91. The zero-order valence-corrected chi connectivity index (χ0v) is 14.9. The van der Waals surface area contributed by atoms with Gasteiger partial charge in [0.1, 0.15) is 0 Å². The van der Waals surface area contributed by atoms with E-state index in [2.05, 4.69) is 34.4 Å². The maximum atomic E-state index is 5.15. The van der Waals surface area contributed by atoms with E-state index in [1.807, 2.05) is 0 Å². The summed E-state index contributed by atoms with van der Waals surface area (Å²) in [6.45, 7) is 8.04. The van der Waals surface area contributed by atoms with E-state index in [1.54, 1.807) is 14.2 Å². The van der Waals surface area contributed by atoms with Crippen LogP contribution in [0.4, 0.5) is 0 Å². The zero-order valence-electron chi connectivity index (χ0n) is 12.6.